The Bertz CT molecular complexity index is 1230. The predicted molar refractivity (Wildman–Crippen MR) is 154 cm³/mol. The quantitative estimate of drug-likeness (QED) is 0.159. The van der Waals surface area contributed by atoms with Crippen molar-refractivity contribution in [1.82, 2.24) is 0 Å². The number of benzene rings is 3. The predicted octanol–water partition coefficient (Wildman–Crippen LogP) is 6.61. The molecule has 3 radical (unpaired) electrons. The summed E-state index contributed by atoms with van der Waals surface area (Å²) in [5.41, 5.74) is 6.60. The van der Waals surface area contributed by atoms with Crippen molar-refractivity contribution in [3.05, 3.63) is 127 Å². The first-order chi connectivity index (χ1) is 16.8. The fourth-order valence-corrected chi connectivity index (χ4v) is 4.40. The molecule has 0 saturated heterocycles. The number of aliphatic hydroxyl groups excluding tert-OH is 1. The van der Waals surface area contributed by atoms with Crippen molar-refractivity contribution in [3.8, 4) is 0 Å². The molecule has 0 spiro atoms. The first-order valence-corrected chi connectivity index (χ1v) is 11.5. The number of hydrogen-bond acceptors (Lipinski definition) is 4. The zero-order chi connectivity index (χ0) is 25.4. The molecule has 3 aromatic rings. The second-order valence-corrected chi connectivity index (χ2v) is 8.89. The molecule has 1 atom stereocenters. The molecule has 0 aliphatic carbocycles. The number of likely N-dealkylation sites (N-methyl/N-ethyl adjacent to an activating group) is 1. The molecule has 1 unspecified atom stereocenters. The van der Waals surface area contributed by atoms with Crippen molar-refractivity contribution in [2.75, 3.05) is 30.9 Å². The van der Waals surface area contributed by atoms with Gasteiger partial charge in [0.15, 0.2) is 0 Å². The summed E-state index contributed by atoms with van der Waals surface area (Å²) in [5, 5.41) is 23.0. The van der Waals surface area contributed by atoms with E-state index in [0.717, 1.165) is 12.1 Å². The molecule has 3 aromatic carbocycles. The zero-order valence-corrected chi connectivity index (χ0v) is 25.9. The Labute approximate surface area is 265 Å². The number of nitrogens with one attached hydrogen (secondary N) is 2. The van der Waals surface area contributed by atoms with Gasteiger partial charge in [0.25, 0.3) is 0 Å². The standard InChI is InChI=1S/C21H21N2.C9H12N2O.CH3.3Co/c1-21(16-17-10-4-3-5-11-17)18-12-6-7-13-19(18)23(2)20(21)14-8-9-15-22;1-11(2)8-5-3-7(4-6-8)9(10)12;;;;/h3-5,7-15,22H,16H2,1-2H3;3-6H,1-2H3,(H2,10,12);1H3;;;/q-1;;-1;;;/b9-8+,20-14-,22-15?;;;;;. The third-order valence-corrected chi connectivity index (χ3v) is 6.24. The van der Waals surface area contributed by atoms with Gasteiger partial charge in [0.05, 0.1) is 0 Å². The van der Waals surface area contributed by atoms with Crippen LogP contribution in [0, 0.1) is 24.3 Å². The minimum absolute atomic E-state index is 0. The molecule has 8 heteroatoms. The van der Waals surface area contributed by atoms with E-state index >= 15 is 0 Å². The van der Waals surface area contributed by atoms with Gasteiger partial charge in [0.2, 0.25) is 5.90 Å². The Hall–Kier alpha value is -2.60. The van der Waals surface area contributed by atoms with Gasteiger partial charge in [-0.1, -0.05) is 49.0 Å². The van der Waals surface area contributed by atoms with Gasteiger partial charge in [-0.3, -0.25) is 5.41 Å². The van der Waals surface area contributed by atoms with Crippen molar-refractivity contribution < 1.29 is 55.4 Å². The maximum atomic E-state index is 8.82. The van der Waals surface area contributed by atoms with Gasteiger partial charge in [-0.2, -0.15) is 18.2 Å². The van der Waals surface area contributed by atoms with Gasteiger partial charge in [0.1, 0.15) is 0 Å². The topological polar surface area (TPSA) is 74.4 Å². The van der Waals surface area contributed by atoms with Crippen molar-refractivity contribution in [2.45, 2.75) is 18.8 Å². The van der Waals surface area contributed by atoms with Crippen molar-refractivity contribution in [1.29, 1.82) is 10.8 Å². The van der Waals surface area contributed by atoms with Crippen LogP contribution in [-0.2, 0) is 62.2 Å². The smallest absolute Gasteiger partial charge is 0.210 e. The SMILES string of the molecule is CN(C)c1ccc(C(=N)O)cc1.CN1/C(=C\C=C\C=N)C(C)(Cc2ccccc2)c2c[c-]ccc21.[CH3-].[Co].[Co].[Co]. The molecule has 0 fully saturated rings. The molecule has 5 nitrogen and oxygen atoms in total. The van der Waals surface area contributed by atoms with Gasteiger partial charge in [0, 0.05) is 94.6 Å². The largest absolute Gasteiger partial charge is 0.493 e. The van der Waals surface area contributed by atoms with Crippen LogP contribution in [0.25, 0.3) is 0 Å². The molecular formula is C31H36Co3N4O-2. The summed E-state index contributed by atoms with van der Waals surface area (Å²) < 4.78 is 0. The number of rotatable bonds is 6. The maximum absolute atomic E-state index is 8.82. The van der Waals surface area contributed by atoms with E-state index in [-0.39, 0.29) is 69.1 Å². The Morgan fingerprint density at radius 3 is 2.15 bits per heavy atom. The molecule has 1 heterocycles. The van der Waals surface area contributed by atoms with E-state index in [1.54, 1.807) is 18.2 Å². The van der Waals surface area contributed by atoms with E-state index in [1.165, 1.54) is 28.7 Å². The summed E-state index contributed by atoms with van der Waals surface area (Å²) in [6, 6.07) is 27.2. The minimum Gasteiger partial charge on any atom is -0.493 e. The Balaban J connectivity index is 0. The van der Waals surface area contributed by atoms with Gasteiger partial charge >= 0.3 is 0 Å². The first kappa shape index (κ1) is 38.5. The number of allylic oxidation sites excluding steroid dienone is 4. The van der Waals surface area contributed by atoms with Crippen LogP contribution in [-0.4, -0.2) is 38.4 Å². The average Bonchev–Trinajstić information content (AvgIpc) is 3.07. The summed E-state index contributed by atoms with van der Waals surface area (Å²) >= 11 is 0. The summed E-state index contributed by atoms with van der Waals surface area (Å²) in [7, 11) is 6.00. The third kappa shape index (κ3) is 9.52. The van der Waals surface area contributed by atoms with Crippen LogP contribution >= 0.6 is 0 Å². The minimum atomic E-state index is -0.389. The van der Waals surface area contributed by atoms with Crippen LogP contribution in [0.1, 0.15) is 23.6 Å². The molecule has 1 aliphatic rings. The molecule has 4 rings (SSSR count). The summed E-state index contributed by atoms with van der Waals surface area (Å²) in [4.78, 5) is 4.21. The number of aliphatic hydroxyl groups is 1. The molecule has 0 saturated carbocycles. The van der Waals surface area contributed by atoms with Crippen LogP contribution in [0.3, 0.4) is 0 Å². The fourth-order valence-electron chi connectivity index (χ4n) is 4.40. The monoisotopic (exact) mass is 657 g/mol. The summed E-state index contributed by atoms with van der Waals surface area (Å²) in [6.07, 6.45) is 8.05. The first-order valence-electron chi connectivity index (χ1n) is 11.5. The Morgan fingerprint density at radius 2 is 1.62 bits per heavy atom. The van der Waals surface area contributed by atoms with E-state index in [2.05, 4.69) is 73.5 Å². The zero-order valence-electron chi connectivity index (χ0n) is 22.8. The normalized spacial score (nSPS) is 15.8. The van der Waals surface area contributed by atoms with Crippen molar-refractivity contribution in [3.63, 3.8) is 0 Å². The molecule has 3 N–H and O–H groups in total. The van der Waals surface area contributed by atoms with Gasteiger partial charge < -0.3 is 27.7 Å². The molecular weight excluding hydrogens is 621 g/mol. The van der Waals surface area contributed by atoms with Crippen molar-refractivity contribution in [2.24, 2.45) is 0 Å². The molecule has 39 heavy (non-hydrogen) atoms. The van der Waals surface area contributed by atoms with E-state index in [0.29, 0.717) is 5.56 Å². The number of nitrogens with zero attached hydrogens (tertiary/aromatic N) is 2. The van der Waals surface area contributed by atoms with Gasteiger partial charge in [-0.25, -0.2) is 0 Å². The van der Waals surface area contributed by atoms with E-state index in [1.807, 2.05) is 43.3 Å². The van der Waals surface area contributed by atoms with Crippen LogP contribution in [0.2, 0.25) is 0 Å². The molecule has 0 aromatic heterocycles. The molecule has 1 aliphatic heterocycles. The van der Waals surface area contributed by atoms with Crippen LogP contribution in [0.5, 0.6) is 0 Å². The average molecular weight is 657 g/mol. The van der Waals surface area contributed by atoms with E-state index in [9.17, 15) is 0 Å². The van der Waals surface area contributed by atoms with E-state index < -0.39 is 0 Å². The number of hydrogen-bond donors (Lipinski definition) is 3. The third-order valence-electron chi connectivity index (χ3n) is 6.24. The fraction of sp³-hybridized carbons (Fsp3) is 0.194. The number of anilines is 2. The van der Waals surface area contributed by atoms with Crippen LogP contribution in [0.15, 0.2) is 96.7 Å². The summed E-state index contributed by atoms with van der Waals surface area (Å²) in [5.74, 6) is -0.389. The van der Waals surface area contributed by atoms with Gasteiger partial charge in [-0.15, -0.1) is 11.6 Å². The Kier molecular flexibility index (Phi) is 17.7. The second-order valence-electron chi connectivity index (χ2n) is 8.89. The Morgan fingerprint density at radius 1 is 1.00 bits per heavy atom. The molecule has 215 valence electrons. The van der Waals surface area contributed by atoms with Gasteiger partial charge in [-0.05, 0) is 53.8 Å². The summed E-state index contributed by atoms with van der Waals surface area (Å²) in [6.45, 7) is 2.29. The van der Waals surface area contributed by atoms with Crippen molar-refractivity contribution >= 4 is 23.5 Å². The van der Waals surface area contributed by atoms with E-state index in [4.69, 9.17) is 15.9 Å². The second kappa shape index (κ2) is 17.9. The number of fused-ring (bicyclic) bond motifs is 1. The maximum Gasteiger partial charge on any atom is 0.210 e. The van der Waals surface area contributed by atoms with Crippen LogP contribution < -0.4 is 9.80 Å². The van der Waals surface area contributed by atoms with Crippen LogP contribution in [0.4, 0.5) is 11.4 Å². The molecule has 0 amide bonds. The molecule has 0 bridgehead atoms.